The van der Waals surface area contributed by atoms with Gasteiger partial charge in [0, 0.05) is 24.7 Å². The molecule has 1 N–H and O–H groups in total. The first kappa shape index (κ1) is 16.5. The van der Waals surface area contributed by atoms with Crippen molar-refractivity contribution < 1.29 is 0 Å². The summed E-state index contributed by atoms with van der Waals surface area (Å²) >= 11 is 0. The maximum atomic E-state index is 3.68. The average molecular weight is 288 g/mol. The van der Waals surface area contributed by atoms with E-state index >= 15 is 0 Å². The van der Waals surface area contributed by atoms with E-state index in [9.17, 15) is 0 Å². The standard InChI is InChI=1S/C19H32N2/c1-19(2,3)20-14-18(17-12-6-5-7-13-17)21(4)15-16-10-8-9-11-16/h5-7,12-13,16,18,20H,8-11,14-15H2,1-4H3. The fourth-order valence-corrected chi connectivity index (χ4v) is 3.33. The molecule has 2 nitrogen and oxygen atoms in total. The minimum atomic E-state index is 0.168. The Labute approximate surface area is 130 Å². The van der Waals surface area contributed by atoms with Crippen LogP contribution in [0.25, 0.3) is 0 Å². The first-order valence-electron chi connectivity index (χ1n) is 8.46. The van der Waals surface area contributed by atoms with Crippen molar-refractivity contribution in [2.24, 2.45) is 5.92 Å². The van der Waals surface area contributed by atoms with Gasteiger partial charge in [0.15, 0.2) is 0 Å². The smallest absolute Gasteiger partial charge is 0.0469 e. The van der Waals surface area contributed by atoms with Crippen molar-refractivity contribution in [2.45, 2.75) is 58.0 Å². The molecular weight excluding hydrogens is 256 g/mol. The summed E-state index contributed by atoms with van der Waals surface area (Å²) in [6.45, 7) is 8.96. The number of hydrogen-bond acceptors (Lipinski definition) is 2. The molecule has 2 rings (SSSR count). The minimum absolute atomic E-state index is 0.168. The molecule has 118 valence electrons. The number of hydrogen-bond donors (Lipinski definition) is 1. The zero-order chi connectivity index (χ0) is 15.3. The first-order valence-corrected chi connectivity index (χ1v) is 8.46. The van der Waals surface area contributed by atoms with Crippen molar-refractivity contribution in [1.82, 2.24) is 10.2 Å². The van der Waals surface area contributed by atoms with Gasteiger partial charge in [-0.05, 0) is 52.1 Å². The molecule has 1 unspecified atom stereocenters. The monoisotopic (exact) mass is 288 g/mol. The SMILES string of the molecule is CN(CC1CCCC1)C(CNC(C)(C)C)c1ccccc1. The summed E-state index contributed by atoms with van der Waals surface area (Å²) in [6, 6.07) is 11.4. The van der Waals surface area contributed by atoms with E-state index in [4.69, 9.17) is 0 Å². The molecule has 0 heterocycles. The summed E-state index contributed by atoms with van der Waals surface area (Å²) in [7, 11) is 2.29. The van der Waals surface area contributed by atoms with Crippen LogP contribution in [0.2, 0.25) is 0 Å². The van der Waals surface area contributed by atoms with Crippen LogP contribution in [0.4, 0.5) is 0 Å². The molecule has 2 heteroatoms. The van der Waals surface area contributed by atoms with Gasteiger partial charge in [0.1, 0.15) is 0 Å². The Hall–Kier alpha value is -0.860. The lowest BCUT2D eigenvalue weighted by Gasteiger charge is -2.33. The van der Waals surface area contributed by atoms with Gasteiger partial charge in [0.2, 0.25) is 0 Å². The van der Waals surface area contributed by atoms with Gasteiger partial charge >= 0.3 is 0 Å². The van der Waals surface area contributed by atoms with Crippen LogP contribution in [-0.4, -0.2) is 30.6 Å². The molecule has 21 heavy (non-hydrogen) atoms. The molecule has 1 aliphatic rings. The fourth-order valence-electron chi connectivity index (χ4n) is 3.33. The van der Waals surface area contributed by atoms with Gasteiger partial charge in [0.05, 0.1) is 0 Å². The van der Waals surface area contributed by atoms with Gasteiger partial charge in [-0.2, -0.15) is 0 Å². The molecule has 0 saturated heterocycles. The van der Waals surface area contributed by atoms with Gasteiger partial charge in [-0.1, -0.05) is 43.2 Å². The number of nitrogens with zero attached hydrogens (tertiary/aromatic N) is 1. The lowest BCUT2D eigenvalue weighted by atomic mass is 10.0. The van der Waals surface area contributed by atoms with Crippen LogP contribution in [0.5, 0.6) is 0 Å². The Kier molecular flexibility index (Phi) is 5.83. The molecule has 0 bridgehead atoms. The number of benzene rings is 1. The quantitative estimate of drug-likeness (QED) is 0.842. The van der Waals surface area contributed by atoms with Crippen molar-refractivity contribution in [3.63, 3.8) is 0 Å². The van der Waals surface area contributed by atoms with Crippen LogP contribution >= 0.6 is 0 Å². The Morgan fingerprint density at radius 3 is 2.33 bits per heavy atom. The van der Waals surface area contributed by atoms with Crippen LogP contribution in [0.15, 0.2) is 30.3 Å². The van der Waals surface area contributed by atoms with E-state index in [0.717, 1.165) is 12.5 Å². The average Bonchev–Trinajstić information content (AvgIpc) is 2.91. The normalized spacial score (nSPS) is 18.3. The minimum Gasteiger partial charge on any atom is -0.310 e. The van der Waals surface area contributed by atoms with Crippen molar-refractivity contribution in [3.8, 4) is 0 Å². The second-order valence-corrected chi connectivity index (χ2v) is 7.65. The van der Waals surface area contributed by atoms with Gasteiger partial charge in [-0.3, -0.25) is 4.90 Å². The second kappa shape index (κ2) is 7.42. The number of nitrogens with one attached hydrogen (secondary N) is 1. The lowest BCUT2D eigenvalue weighted by Crippen LogP contribution is -2.43. The Morgan fingerprint density at radius 2 is 1.76 bits per heavy atom. The first-order chi connectivity index (χ1) is 9.96. The van der Waals surface area contributed by atoms with E-state index in [2.05, 4.69) is 68.4 Å². The third kappa shape index (κ3) is 5.44. The van der Waals surface area contributed by atoms with Crippen LogP contribution < -0.4 is 5.32 Å². The molecule has 1 saturated carbocycles. The third-order valence-electron chi connectivity index (χ3n) is 4.56. The Morgan fingerprint density at radius 1 is 1.14 bits per heavy atom. The molecule has 0 aliphatic heterocycles. The summed E-state index contributed by atoms with van der Waals surface area (Å²) in [5.41, 5.74) is 1.59. The fraction of sp³-hybridized carbons (Fsp3) is 0.684. The number of rotatable bonds is 6. The van der Waals surface area contributed by atoms with E-state index in [-0.39, 0.29) is 5.54 Å². The molecule has 1 atom stereocenters. The van der Waals surface area contributed by atoms with Crippen LogP contribution in [0.1, 0.15) is 58.1 Å². The van der Waals surface area contributed by atoms with E-state index in [0.29, 0.717) is 6.04 Å². The zero-order valence-electron chi connectivity index (χ0n) is 14.2. The molecule has 1 aromatic carbocycles. The lowest BCUT2D eigenvalue weighted by molar-refractivity contribution is 0.193. The van der Waals surface area contributed by atoms with Crippen molar-refractivity contribution in [2.75, 3.05) is 20.1 Å². The van der Waals surface area contributed by atoms with Gasteiger partial charge in [0.25, 0.3) is 0 Å². The van der Waals surface area contributed by atoms with E-state index in [1.54, 1.807) is 0 Å². The van der Waals surface area contributed by atoms with E-state index in [1.807, 2.05) is 0 Å². The molecule has 1 fully saturated rings. The van der Waals surface area contributed by atoms with Crippen molar-refractivity contribution >= 4 is 0 Å². The molecular formula is C19H32N2. The van der Waals surface area contributed by atoms with Crippen LogP contribution in [0, 0.1) is 5.92 Å². The van der Waals surface area contributed by atoms with Crippen LogP contribution in [-0.2, 0) is 0 Å². The van der Waals surface area contributed by atoms with E-state index in [1.165, 1.54) is 37.8 Å². The van der Waals surface area contributed by atoms with Gasteiger partial charge < -0.3 is 5.32 Å². The molecule has 1 aliphatic carbocycles. The predicted molar refractivity (Wildman–Crippen MR) is 91.5 cm³/mol. The summed E-state index contributed by atoms with van der Waals surface area (Å²) in [4.78, 5) is 2.56. The second-order valence-electron chi connectivity index (χ2n) is 7.65. The highest BCUT2D eigenvalue weighted by atomic mass is 15.2. The largest absolute Gasteiger partial charge is 0.310 e. The molecule has 0 radical (unpaired) electrons. The molecule has 0 aromatic heterocycles. The van der Waals surface area contributed by atoms with Crippen molar-refractivity contribution in [3.05, 3.63) is 35.9 Å². The topological polar surface area (TPSA) is 15.3 Å². The summed E-state index contributed by atoms with van der Waals surface area (Å²) in [5, 5.41) is 3.68. The maximum Gasteiger partial charge on any atom is 0.0469 e. The van der Waals surface area contributed by atoms with Gasteiger partial charge in [-0.15, -0.1) is 0 Å². The summed E-state index contributed by atoms with van der Waals surface area (Å²) in [6.07, 6.45) is 5.68. The molecule has 0 spiro atoms. The predicted octanol–water partition coefficient (Wildman–Crippen LogP) is 4.24. The van der Waals surface area contributed by atoms with Crippen molar-refractivity contribution in [1.29, 1.82) is 0 Å². The van der Waals surface area contributed by atoms with Crippen LogP contribution in [0.3, 0.4) is 0 Å². The third-order valence-corrected chi connectivity index (χ3v) is 4.56. The number of likely N-dealkylation sites (N-methyl/N-ethyl adjacent to an activating group) is 1. The zero-order valence-corrected chi connectivity index (χ0v) is 14.2. The Balaban J connectivity index is 2.03. The van der Waals surface area contributed by atoms with Gasteiger partial charge in [-0.25, -0.2) is 0 Å². The van der Waals surface area contributed by atoms with E-state index < -0.39 is 0 Å². The molecule has 0 amide bonds. The summed E-state index contributed by atoms with van der Waals surface area (Å²) in [5.74, 6) is 0.899. The summed E-state index contributed by atoms with van der Waals surface area (Å²) < 4.78 is 0. The Bertz CT molecular complexity index is 401. The molecule has 1 aromatic rings. The highest BCUT2D eigenvalue weighted by Crippen LogP contribution is 2.28. The highest BCUT2D eigenvalue weighted by molar-refractivity contribution is 5.19. The maximum absolute atomic E-state index is 3.68. The highest BCUT2D eigenvalue weighted by Gasteiger charge is 2.23.